The van der Waals surface area contributed by atoms with Crippen LogP contribution >= 0.6 is 11.3 Å². The Morgan fingerprint density at radius 3 is 2.78 bits per heavy atom. The molecule has 2 aromatic rings. The number of aromatic carboxylic acids is 1. The summed E-state index contributed by atoms with van der Waals surface area (Å²) < 4.78 is 0. The first-order valence-electron chi connectivity index (χ1n) is 4.67. The van der Waals surface area contributed by atoms with Crippen molar-refractivity contribution in [2.75, 3.05) is 10.6 Å². The minimum atomic E-state index is -1.12. The SMILES string of the molecule is O=C(Nc1cncc(C(=O)O)c1)Nc1nncs1. The first-order chi connectivity index (χ1) is 8.65. The fraction of sp³-hybridized carbons (Fsp3) is 0. The Labute approximate surface area is 105 Å². The highest BCUT2D eigenvalue weighted by Crippen LogP contribution is 2.11. The van der Waals surface area contributed by atoms with Gasteiger partial charge in [-0.1, -0.05) is 11.3 Å². The minimum Gasteiger partial charge on any atom is -0.478 e. The zero-order chi connectivity index (χ0) is 13.0. The zero-order valence-electron chi connectivity index (χ0n) is 8.82. The Morgan fingerprint density at radius 1 is 1.28 bits per heavy atom. The maximum atomic E-state index is 11.5. The first-order valence-corrected chi connectivity index (χ1v) is 5.55. The molecule has 8 nitrogen and oxygen atoms in total. The minimum absolute atomic E-state index is 0.0104. The summed E-state index contributed by atoms with van der Waals surface area (Å²) in [5.41, 5.74) is 1.74. The van der Waals surface area contributed by atoms with Gasteiger partial charge in [0.05, 0.1) is 17.4 Å². The molecule has 2 rings (SSSR count). The number of anilines is 2. The molecule has 92 valence electrons. The number of carboxylic acid groups (broad SMARTS) is 1. The smallest absolute Gasteiger partial charge is 0.337 e. The van der Waals surface area contributed by atoms with E-state index >= 15 is 0 Å². The second-order valence-electron chi connectivity index (χ2n) is 3.09. The van der Waals surface area contributed by atoms with Gasteiger partial charge >= 0.3 is 12.0 Å². The number of hydrogen-bond donors (Lipinski definition) is 3. The van der Waals surface area contributed by atoms with Gasteiger partial charge in [0, 0.05) is 6.20 Å². The maximum Gasteiger partial charge on any atom is 0.337 e. The van der Waals surface area contributed by atoms with E-state index in [4.69, 9.17) is 5.11 Å². The van der Waals surface area contributed by atoms with Crippen molar-refractivity contribution in [2.45, 2.75) is 0 Å². The fourth-order valence-electron chi connectivity index (χ4n) is 1.11. The molecule has 0 aliphatic rings. The molecule has 9 heteroatoms. The van der Waals surface area contributed by atoms with Gasteiger partial charge in [-0.15, -0.1) is 10.2 Å². The van der Waals surface area contributed by atoms with Crippen LogP contribution in [0, 0.1) is 0 Å². The molecule has 3 N–H and O–H groups in total. The van der Waals surface area contributed by atoms with Gasteiger partial charge in [-0.3, -0.25) is 10.3 Å². The van der Waals surface area contributed by atoms with Crippen molar-refractivity contribution in [1.29, 1.82) is 0 Å². The standard InChI is InChI=1S/C9H7N5O3S/c15-7(16)5-1-6(3-10-2-5)12-8(17)13-9-14-11-4-18-9/h1-4H,(H,15,16)(H2,12,13,14,17). The highest BCUT2D eigenvalue weighted by Gasteiger charge is 2.08. The lowest BCUT2D eigenvalue weighted by molar-refractivity contribution is 0.0696. The third-order valence-corrected chi connectivity index (χ3v) is 2.43. The van der Waals surface area contributed by atoms with E-state index < -0.39 is 12.0 Å². The van der Waals surface area contributed by atoms with Crippen molar-refractivity contribution in [2.24, 2.45) is 0 Å². The van der Waals surface area contributed by atoms with Crippen LogP contribution in [0.1, 0.15) is 10.4 Å². The quantitative estimate of drug-likeness (QED) is 0.769. The van der Waals surface area contributed by atoms with E-state index in [1.54, 1.807) is 0 Å². The van der Waals surface area contributed by atoms with Crippen molar-refractivity contribution in [3.8, 4) is 0 Å². The predicted octanol–water partition coefficient (Wildman–Crippen LogP) is 1.28. The Balaban J connectivity index is 2.03. The van der Waals surface area contributed by atoms with Gasteiger partial charge in [0.15, 0.2) is 0 Å². The number of aromatic nitrogens is 3. The number of rotatable bonds is 3. The Hall–Kier alpha value is -2.55. The number of hydrogen-bond acceptors (Lipinski definition) is 6. The van der Waals surface area contributed by atoms with Crippen molar-refractivity contribution in [3.63, 3.8) is 0 Å². The van der Waals surface area contributed by atoms with Crippen LogP contribution in [0.5, 0.6) is 0 Å². The second kappa shape index (κ2) is 5.19. The van der Waals surface area contributed by atoms with Gasteiger partial charge in [-0.2, -0.15) is 0 Å². The van der Waals surface area contributed by atoms with Crippen LogP contribution in [-0.4, -0.2) is 32.3 Å². The lowest BCUT2D eigenvalue weighted by Gasteiger charge is -2.04. The summed E-state index contributed by atoms with van der Waals surface area (Å²) in [5, 5.41) is 21.2. The van der Waals surface area contributed by atoms with Crippen molar-refractivity contribution in [3.05, 3.63) is 29.5 Å². The lowest BCUT2D eigenvalue weighted by Crippen LogP contribution is -2.19. The summed E-state index contributed by atoms with van der Waals surface area (Å²) in [6, 6.07) is 0.755. The first kappa shape index (κ1) is 11.9. The largest absolute Gasteiger partial charge is 0.478 e. The molecule has 0 spiro atoms. The molecule has 0 aliphatic heterocycles. The number of urea groups is 1. The molecule has 0 aliphatic carbocycles. The predicted molar refractivity (Wildman–Crippen MR) is 63.7 cm³/mol. The number of carbonyl (C=O) groups is 2. The van der Waals surface area contributed by atoms with Gasteiger partial charge in [0.1, 0.15) is 5.51 Å². The molecule has 0 bridgehead atoms. The second-order valence-corrected chi connectivity index (χ2v) is 3.92. The van der Waals surface area contributed by atoms with E-state index in [0.717, 1.165) is 0 Å². The van der Waals surface area contributed by atoms with Crippen molar-refractivity contribution >= 4 is 34.2 Å². The number of pyridine rings is 1. The Bertz CT molecular complexity index is 571. The summed E-state index contributed by atoms with van der Waals surface area (Å²) in [5.74, 6) is -1.12. The molecule has 0 saturated heterocycles. The molecule has 0 radical (unpaired) electrons. The molecule has 0 fully saturated rings. The van der Waals surface area contributed by atoms with Crippen LogP contribution in [0.4, 0.5) is 15.6 Å². The van der Waals surface area contributed by atoms with Crippen LogP contribution in [0.3, 0.4) is 0 Å². The normalized spacial score (nSPS) is 9.78. The zero-order valence-corrected chi connectivity index (χ0v) is 9.64. The van der Waals surface area contributed by atoms with Crippen LogP contribution in [0.25, 0.3) is 0 Å². The Kier molecular flexibility index (Phi) is 3.44. The molecule has 0 atom stereocenters. The van der Waals surface area contributed by atoms with Crippen molar-refractivity contribution < 1.29 is 14.7 Å². The molecule has 18 heavy (non-hydrogen) atoms. The number of nitrogens with zero attached hydrogens (tertiary/aromatic N) is 3. The topological polar surface area (TPSA) is 117 Å². The fourth-order valence-corrected chi connectivity index (χ4v) is 1.55. The summed E-state index contributed by atoms with van der Waals surface area (Å²) in [7, 11) is 0. The highest BCUT2D eigenvalue weighted by atomic mass is 32.1. The van der Waals surface area contributed by atoms with Gasteiger partial charge in [0.25, 0.3) is 0 Å². The molecule has 0 unspecified atom stereocenters. The third kappa shape index (κ3) is 2.98. The summed E-state index contributed by atoms with van der Waals surface area (Å²) in [4.78, 5) is 25.9. The maximum absolute atomic E-state index is 11.5. The van der Waals surface area contributed by atoms with Crippen LogP contribution in [-0.2, 0) is 0 Å². The molecular formula is C9H7N5O3S. The van der Waals surface area contributed by atoms with Gasteiger partial charge in [0.2, 0.25) is 5.13 Å². The molecule has 2 heterocycles. The van der Waals surface area contributed by atoms with Gasteiger partial charge in [-0.25, -0.2) is 9.59 Å². The number of nitrogens with one attached hydrogen (secondary N) is 2. The molecular weight excluding hydrogens is 258 g/mol. The van der Waals surface area contributed by atoms with Crippen LogP contribution in [0.2, 0.25) is 0 Å². The Morgan fingerprint density at radius 2 is 2.11 bits per heavy atom. The van der Waals surface area contributed by atoms with E-state index in [-0.39, 0.29) is 11.3 Å². The van der Waals surface area contributed by atoms with E-state index in [9.17, 15) is 9.59 Å². The average Bonchev–Trinajstić information content (AvgIpc) is 2.82. The van der Waals surface area contributed by atoms with Gasteiger partial charge < -0.3 is 10.4 Å². The summed E-state index contributed by atoms with van der Waals surface area (Å²) in [6.45, 7) is 0. The highest BCUT2D eigenvalue weighted by molar-refractivity contribution is 7.13. The van der Waals surface area contributed by atoms with Crippen LogP contribution in [0.15, 0.2) is 24.0 Å². The van der Waals surface area contributed by atoms with Gasteiger partial charge in [-0.05, 0) is 6.07 Å². The van der Waals surface area contributed by atoms with E-state index in [1.165, 1.54) is 35.3 Å². The lowest BCUT2D eigenvalue weighted by atomic mass is 10.3. The van der Waals surface area contributed by atoms with E-state index in [0.29, 0.717) is 5.13 Å². The summed E-state index contributed by atoms with van der Waals surface area (Å²) >= 11 is 1.17. The molecule has 2 amide bonds. The number of carboxylic acids is 1. The summed E-state index contributed by atoms with van der Waals surface area (Å²) in [6.07, 6.45) is 2.53. The molecule has 0 aromatic carbocycles. The van der Waals surface area contributed by atoms with E-state index in [1.807, 2.05) is 0 Å². The third-order valence-electron chi connectivity index (χ3n) is 1.82. The molecule has 2 aromatic heterocycles. The van der Waals surface area contributed by atoms with E-state index in [2.05, 4.69) is 25.8 Å². The molecule has 0 saturated carbocycles. The average molecular weight is 265 g/mol. The van der Waals surface area contributed by atoms with Crippen molar-refractivity contribution in [1.82, 2.24) is 15.2 Å². The monoisotopic (exact) mass is 265 g/mol. The number of amides is 2. The number of carbonyl (C=O) groups excluding carboxylic acids is 1. The van der Waals surface area contributed by atoms with Crippen LogP contribution < -0.4 is 10.6 Å².